The SMILES string of the molecule is CC(=O)Nc1ccc(NC(=O)c2cc3cc([N+](=O)[O-])ccc3s2)cc1Cl. The summed E-state index contributed by atoms with van der Waals surface area (Å²) >= 11 is 7.32. The van der Waals surface area contributed by atoms with Gasteiger partial charge in [-0.25, -0.2) is 0 Å². The number of carbonyl (C=O) groups is 2. The molecule has 0 aliphatic carbocycles. The van der Waals surface area contributed by atoms with Crippen molar-refractivity contribution >= 4 is 61.9 Å². The molecule has 7 nitrogen and oxygen atoms in total. The monoisotopic (exact) mass is 389 g/mol. The lowest BCUT2D eigenvalue weighted by Crippen LogP contribution is -2.11. The highest BCUT2D eigenvalue weighted by Gasteiger charge is 2.14. The number of nitro benzene ring substituents is 1. The number of hydrogen-bond acceptors (Lipinski definition) is 5. The Morgan fingerprint density at radius 2 is 1.88 bits per heavy atom. The summed E-state index contributed by atoms with van der Waals surface area (Å²) in [5, 5.41) is 17.1. The first-order valence-electron chi connectivity index (χ1n) is 7.40. The second kappa shape index (κ2) is 7.11. The summed E-state index contributed by atoms with van der Waals surface area (Å²) in [7, 11) is 0. The van der Waals surface area contributed by atoms with Crippen molar-refractivity contribution in [2.24, 2.45) is 0 Å². The van der Waals surface area contributed by atoms with Crippen LogP contribution in [0.15, 0.2) is 42.5 Å². The van der Waals surface area contributed by atoms with E-state index in [-0.39, 0.29) is 17.5 Å². The highest BCUT2D eigenvalue weighted by molar-refractivity contribution is 7.20. The molecular weight excluding hydrogens is 378 g/mol. The van der Waals surface area contributed by atoms with E-state index >= 15 is 0 Å². The number of amides is 2. The second-order valence-electron chi connectivity index (χ2n) is 5.42. The van der Waals surface area contributed by atoms with Gasteiger partial charge >= 0.3 is 0 Å². The van der Waals surface area contributed by atoms with Crippen molar-refractivity contribution in [2.75, 3.05) is 10.6 Å². The van der Waals surface area contributed by atoms with Gasteiger partial charge in [0.2, 0.25) is 5.91 Å². The van der Waals surface area contributed by atoms with Crippen molar-refractivity contribution in [3.05, 3.63) is 62.5 Å². The van der Waals surface area contributed by atoms with Crippen LogP contribution in [0, 0.1) is 10.1 Å². The van der Waals surface area contributed by atoms with Crippen LogP contribution in [0.1, 0.15) is 16.6 Å². The van der Waals surface area contributed by atoms with Gasteiger partial charge < -0.3 is 10.6 Å². The van der Waals surface area contributed by atoms with Gasteiger partial charge in [0.1, 0.15) is 0 Å². The zero-order valence-corrected chi connectivity index (χ0v) is 15.0. The number of carbonyl (C=O) groups excluding carboxylic acids is 2. The summed E-state index contributed by atoms with van der Waals surface area (Å²) in [5.41, 5.74) is 0.895. The molecule has 26 heavy (non-hydrogen) atoms. The first kappa shape index (κ1) is 17.8. The third-order valence-corrected chi connectivity index (χ3v) is 4.90. The van der Waals surface area contributed by atoms with Crippen LogP contribution in [0.2, 0.25) is 5.02 Å². The van der Waals surface area contributed by atoms with Gasteiger partial charge in [0.15, 0.2) is 0 Å². The van der Waals surface area contributed by atoms with Crippen LogP contribution in [-0.4, -0.2) is 16.7 Å². The topological polar surface area (TPSA) is 101 Å². The van der Waals surface area contributed by atoms with Crippen LogP contribution < -0.4 is 10.6 Å². The molecule has 0 saturated heterocycles. The van der Waals surface area contributed by atoms with Crippen molar-refractivity contribution in [2.45, 2.75) is 6.92 Å². The average molecular weight is 390 g/mol. The summed E-state index contributed by atoms with van der Waals surface area (Å²) in [5.74, 6) is -0.597. The number of nitrogens with zero attached hydrogens (tertiary/aromatic N) is 1. The molecular formula is C17H12ClN3O4S. The minimum atomic E-state index is -0.477. The lowest BCUT2D eigenvalue weighted by Gasteiger charge is -2.08. The maximum atomic E-state index is 12.4. The molecule has 2 aromatic carbocycles. The minimum Gasteiger partial charge on any atom is -0.325 e. The van der Waals surface area contributed by atoms with Gasteiger partial charge in [-0.2, -0.15) is 0 Å². The fourth-order valence-electron chi connectivity index (χ4n) is 2.33. The van der Waals surface area contributed by atoms with Gasteiger partial charge in [-0.3, -0.25) is 19.7 Å². The number of halogens is 1. The van der Waals surface area contributed by atoms with Crippen LogP contribution in [-0.2, 0) is 4.79 Å². The predicted octanol–water partition coefficient (Wildman–Crippen LogP) is 4.67. The van der Waals surface area contributed by atoms with Gasteiger partial charge in [0.05, 0.1) is 20.5 Å². The summed E-state index contributed by atoms with van der Waals surface area (Å²) in [6, 6.07) is 10.8. The van der Waals surface area contributed by atoms with Crippen molar-refractivity contribution in [1.29, 1.82) is 0 Å². The highest BCUT2D eigenvalue weighted by Crippen LogP contribution is 2.30. The number of benzene rings is 2. The van der Waals surface area contributed by atoms with E-state index in [1.165, 1.54) is 36.5 Å². The quantitative estimate of drug-likeness (QED) is 0.499. The van der Waals surface area contributed by atoms with Gasteiger partial charge in [-0.15, -0.1) is 11.3 Å². The van der Waals surface area contributed by atoms with Gasteiger partial charge in [0, 0.05) is 34.8 Å². The van der Waals surface area contributed by atoms with E-state index < -0.39 is 4.92 Å². The maximum Gasteiger partial charge on any atom is 0.270 e. The van der Waals surface area contributed by atoms with E-state index in [1.807, 2.05) is 0 Å². The van der Waals surface area contributed by atoms with E-state index in [4.69, 9.17) is 11.6 Å². The molecule has 2 amide bonds. The highest BCUT2D eigenvalue weighted by atomic mass is 35.5. The van der Waals surface area contributed by atoms with Crippen molar-refractivity contribution in [1.82, 2.24) is 0 Å². The van der Waals surface area contributed by atoms with Crippen LogP contribution in [0.4, 0.5) is 17.1 Å². The summed E-state index contributed by atoms with van der Waals surface area (Å²) < 4.78 is 0.778. The van der Waals surface area contributed by atoms with Crippen molar-refractivity contribution in [3.8, 4) is 0 Å². The zero-order valence-electron chi connectivity index (χ0n) is 13.4. The number of nitro groups is 1. The Bertz CT molecular complexity index is 1050. The smallest absolute Gasteiger partial charge is 0.270 e. The molecule has 0 fully saturated rings. The molecule has 3 rings (SSSR count). The fourth-order valence-corrected chi connectivity index (χ4v) is 3.50. The van der Waals surface area contributed by atoms with Crippen molar-refractivity contribution < 1.29 is 14.5 Å². The third kappa shape index (κ3) is 3.81. The Kier molecular flexibility index (Phi) is 4.88. The molecule has 3 aromatic rings. The van der Waals surface area contributed by atoms with Gasteiger partial charge in [0.25, 0.3) is 11.6 Å². The Balaban J connectivity index is 1.81. The normalized spacial score (nSPS) is 10.5. The fraction of sp³-hybridized carbons (Fsp3) is 0.0588. The van der Waals surface area contributed by atoms with E-state index in [0.29, 0.717) is 26.7 Å². The van der Waals surface area contributed by atoms with Crippen LogP contribution in [0.5, 0.6) is 0 Å². The zero-order chi connectivity index (χ0) is 18.8. The molecule has 0 unspecified atom stereocenters. The number of fused-ring (bicyclic) bond motifs is 1. The molecule has 2 N–H and O–H groups in total. The number of rotatable bonds is 4. The molecule has 0 radical (unpaired) electrons. The number of nitrogens with one attached hydrogen (secondary N) is 2. The first-order valence-corrected chi connectivity index (χ1v) is 8.59. The summed E-state index contributed by atoms with van der Waals surface area (Å²) in [6.07, 6.45) is 0. The molecule has 0 atom stereocenters. The molecule has 0 saturated carbocycles. The standard InChI is InChI=1S/C17H12ClN3O4S/c1-9(22)19-14-4-2-11(8-13(14)18)20-17(23)16-7-10-6-12(21(24)25)3-5-15(10)26-16/h2-8H,1H3,(H,19,22)(H,20,23). The largest absolute Gasteiger partial charge is 0.325 e. The average Bonchev–Trinajstić information content (AvgIpc) is 3.00. The second-order valence-corrected chi connectivity index (χ2v) is 6.91. The molecule has 0 aliphatic rings. The summed E-state index contributed by atoms with van der Waals surface area (Å²) in [6.45, 7) is 1.37. The maximum absolute atomic E-state index is 12.4. The van der Waals surface area contributed by atoms with Crippen LogP contribution in [0.3, 0.4) is 0 Å². The molecule has 1 heterocycles. The summed E-state index contributed by atoms with van der Waals surface area (Å²) in [4.78, 5) is 34.3. The molecule has 1 aromatic heterocycles. The third-order valence-electron chi connectivity index (χ3n) is 3.47. The van der Waals surface area contributed by atoms with Gasteiger partial charge in [-0.05, 0) is 30.3 Å². The Morgan fingerprint density at radius 1 is 1.12 bits per heavy atom. The number of hydrogen-bond donors (Lipinski definition) is 2. The molecule has 132 valence electrons. The van der Waals surface area contributed by atoms with E-state index in [1.54, 1.807) is 24.3 Å². The molecule has 0 spiro atoms. The van der Waals surface area contributed by atoms with Gasteiger partial charge in [-0.1, -0.05) is 11.6 Å². The molecule has 0 aliphatic heterocycles. The van der Waals surface area contributed by atoms with E-state index in [2.05, 4.69) is 10.6 Å². The first-order chi connectivity index (χ1) is 12.3. The predicted molar refractivity (Wildman–Crippen MR) is 102 cm³/mol. The lowest BCUT2D eigenvalue weighted by molar-refractivity contribution is -0.384. The number of thiophene rings is 1. The Hall–Kier alpha value is -2.97. The minimum absolute atomic E-state index is 0.0254. The Labute approximate surface area is 156 Å². The van der Waals surface area contributed by atoms with E-state index in [0.717, 1.165) is 4.70 Å². The molecule has 9 heteroatoms. The lowest BCUT2D eigenvalue weighted by atomic mass is 10.2. The van der Waals surface area contributed by atoms with Crippen molar-refractivity contribution in [3.63, 3.8) is 0 Å². The number of anilines is 2. The molecule has 0 bridgehead atoms. The van der Waals surface area contributed by atoms with E-state index in [9.17, 15) is 19.7 Å². The number of non-ortho nitro benzene ring substituents is 1. The Morgan fingerprint density at radius 3 is 2.54 bits per heavy atom. The van der Waals surface area contributed by atoms with Crippen LogP contribution >= 0.6 is 22.9 Å². The van der Waals surface area contributed by atoms with Crippen LogP contribution in [0.25, 0.3) is 10.1 Å².